The van der Waals surface area contributed by atoms with Crippen LogP contribution in [0.1, 0.15) is 23.1 Å². The van der Waals surface area contributed by atoms with E-state index in [-0.39, 0.29) is 0 Å². The van der Waals surface area contributed by atoms with Crippen molar-refractivity contribution in [1.29, 1.82) is 0 Å². The van der Waals surface area contributed by atoms with Gasteiger partial charge in [0.25, 0.3) is 0 Å². The van der Waals surface area contributed by atoms with Crippen LogP contribution in [0.4, 0.5) is 0 Å². The molecule has 0 amide bonds. The van der Waals surface area contributed by atoms with E-state index in [1.54, 1.807) is 31.8 Å². The second-order valence-corrected chi connectivity index (χ2v) is 3.81. The lowest BCUT2D eigenvalue weighted by atomic mass is 10.1. The van der Waals surface area contributed by atoms with Gasteiger partial charge < -0.3 is 4.74 Å². The maximum absolute atomic E-state index is 5.57. The van der Waals surface area contributed by atoms with E-state index in [0.29, 0.717) is 17.3 Å². The molecule has 2 heterocycles. The van der Waals surface area contributed by atoms with Gasteiger partial charge in [0.15, 0.2) is 5.82 Å². The van der Waals surface area contributed by atoms with E-state index in [1.165, 1.54) is 0 Å². The molecule has 94 valence electrons. The van der Waals surface area contributed by atoms with E-state index in [1.807, 2.05) is 13.0 Å². The Labute approximate surface area is 105 Å². The first kappa shape index (κ1) is 12.4. The van der Waals surface area contributed by atoms with Crippen LogP contribution in [0.5, 0.6) is 5.75 Å². The number of hydrazine groups is 1. The van der Waals surface area contributed by atoms with E-state index in [2.05, 4.69) is 20.4 Å². The summed E-state index contributed by atoms with van der Waals surface area (Å²) < 4.78 is 5.26. The Bertz CT molecular complexity index is 514. The molecule has 18 heavy (non-hydrogen) atoms. The van der Waals surface area contributed by atoms with Gasteiger partial charge in [-0.3, -0.25) is 10.8 Å². The van der Waals surface area contributed by atoms with Crippen LogP contribution in [0.2, 0.25) is 0 Å². The maximum atomic E-state index is 5.57. The van der Waals surface area contributed by atoms with Crippen molar-refractivity contribution < 1.29 is 4.74 Å². The second kappa shape index (κ2) is 5.52. The quantitative estimate of drug-likeness (QED) is 0.610. The van der Waals surface area contributed by atoms with Gasteiger partial charge in [0.2, 0.25) is 0 Å². The molecule has 0 aliphatic heterocycles. The highest BCUT2D eigenvalue weighted by Crippen LogP contribution is 2.24. The van der Waals surface area contributed by atoms with Crippen molar-refractivity contribution >= 4 is 0 Å². The molecule has 0 fully saturated rings. The average molecular weight is 245 g/mol. The molecule has 1 atom stereocenters. The van der Waals surface area contributed by atoms with Crippen molar-refractivity contribution in [3.8, 4) is 5.75 Å². The van der Waals surface area contributed by atoms with Crippen molar-refractivity contribution in [2.45, 2.75) is 13.0 Å². The Morgan fingerprint density at radius 2 is 2.00 bits per heavy atom. The third-order valence-electron chi connectivity index (χ3n) is 2.52. The van der Waals surface area contributed by atoms with E-state index in [9.17, 15) is 0 Å². The highest BCUT2D eigenvalue weighted by atomic mass is 16.5. The number of nitrogens with zero attached hydrogens (tertiary/aromatic N) is 3. The molecule has 1 unspecified atom stereocenters. The Morgan fingerprint density at radius 3 is 2.61 bits per heavy atom. The van der Waals surface area contributed by atoms with Crippen LogP contribution in [0.3, 0.4) is 0 Å². The van der Waals surface area contributed by atoms with Crippen LogP contribution in [0.15, 0.2) is 30.7 Å². The summed E-state index contributed by atoms with van der Waals surface area (Å²) in [6.45, 7) is 1.93. The van der Waals surface area contributed by atoms with E-state index in [0.717, 1.165) is 5.56 Å². The Morgan fingerprint density at radius 1 is 1.28 bits per heavy atom. The molecule has 0 spiro atoms. The first-order valence-corrected chi connectivity index (χ1v) is 5.50. The third-order valence-corrected chi connectivity index (χ3v) is 2.52. The Kier molecular flexibility index (Phi) is 3.81. The number of aromatic nitrogens is 3. The monoisotopic (exact) mass is 245 g/mol. The number of hydrogen-bond acceptors (Lipinski definition) is 6. The minimum atomic E-state index is -0.401. The molecule has 0 aliphatic carbocycles. The minimum absolute atomic E-state index is 0.401. The van der Waals surface area contributed by atoms with Gasteiger partial charge in [-0.15, -0.1) is 0 Å². The fourth-order valence-corrected chi connectivity index (χ4v) is 1.62. The lowest BCUT2D eigenvalue weighted by molar-refractivity contribution is 0.399. The van der Waals surface area contributed by atoms with Gasteiger partial charge in [-0.2, -0.15) is 0 Å². The second-order valence-electron chi connectivity index (χ2n) is 3.81. The Hall–Kier alpha value is -2.05. The van der Waals surface area contributed by atoms with Crippen molar-refractivity contribution in [3.63, 3.8) is 0 Å². The number of aryl methyl sites for hydroxylation is 1. The lowest BCUT2D eigenvalue weighted by Crippen LogP contribution is -2.31. The number of ether oxygens (including phenoxy) is 1. The molecule has 0 saturated heterocycles. The standard InChI is InChI=1S/C12H15N5O/c1-8-6-15-12(16-7-8)11(17-13)10-9(18-2)4-3-5-14-10/h3-7,11,17H,13H2,1-2H3. The summed E-state index contributed by atoms with van der Waals surface area (Å²) in [5.41, 5.74) is 4.31. The Balaban J connectivity index is 2.41. The topological polar surface area (TPSA) is 86.0 Å². The van der Waals surface area contributed by atoms with Crippen molar-refractivity contribution in [1.82, 2.24) is 20.4 Å². The average Bonchev–Trinajstić information content (AvgIpc) is 2.42. The highest BCUT2D eigenvalue weighted by molar-refractivity contribution is 5.32. The zero-order valence-corrected chi connectivity index (χ0v) is 10.3. The van der Waals surface area contributed by atoms with Gasteiger partial charge in [0.1, 0.15) is 17.5 Å². The van der Waals surface area contributed by atoms with Gasteiger partial charge in [-0.25, -0.2) is 15.4 Å². The first-order valence-electron chi connectivity index (χ1n) is 5.50. The molecule has 6 heteroatoms. The number of nitrogens with one attached hydrogen (secondary N) is 1. The summed E-state index contributed by atoms with van der Waals surface area (Å²) in [6.07, 6.45) is 5.15. The number of methoxy groups -OCH3 is 1. The normalized spacial score (nSPS) is 12.2. The zero-order valence-electron chi connectivity index (χ0n) is 10.3. The predicted octanol–water partition coefficient (Wildman–Crippen LogP) is 0.741. The highest BCUT2D eigenvalue weighted by Gasteiger charge is 2.20. The van der Waals surface area contributed by atoms with E-state index >= 15 is 0 Å². The summed E-state index contributed by atoms with van der Waals surface area (Å²) in [5.74, 6) is 6.77. The molecule has 2 aromatic heterocycles. The predicted molar refractivity (Wildman–Crippen MR) is 66.7 cm³/mol. The van der Waals surface area contributed by atoms with Gasteiger partial charge in [0, 0.05) is 18.6 Å². The number of hydrogen-bond donors (Lipinski definition) is 2. The first-order chi connectivity index (χ1) is 8.76. The summed E-state index contributed by atoms with van der Waals surface area (Å²) in [5, 5.41) is 0. The number of nitrogens with two attached hydrogens (primary N) is 1. The van der Waals surface area contributed by atoms with Crippen LogP contribution in [0.25, 0.3) is 0 Å². The fraction of sp³-hybridized carbons (Fsp3) is 0.250. The molecule has 0 aliphatic rings. The van der Waals surface area contributed by atoms with Crippen LogP contribution < -0.4 is 16.0 Å². The summed E-state index contributed by atoms with van der Waals surface area (Å²) in [7, 11) is 1.59. The van der Waals surface area contributed by atoms with E-state index < -0.39 is 6.04 Å². The van der Waals surface area contributed by atoms with Crippen LogP contribution in [-0.2, 0) is 0 Å². The zero-order chi connectivity index (χ0) is 13.0. The van der Waals surface area contributed by atoms with Crippen molar-refractivity contribution in [2.24, 2.45) is 5.84 Å². The smallest absolute Gasteiger partial charge is 0.152 e. The van der Waals surface area contributed by atoms with Crippen LogP contribution >= 0.6 is 0 Å². The molecule has 0 bridgehead atoms. The van der Waals surface area contributed by atoms with Crippen molar-refractivity contribution in [2.75, 3.05) is 7.11 Å². The van der Waals surface area contributed by atoms with Crippen LogP contribution in [0, 0.1) is 6.92 Å². The molecular weight excluding hydrogens is 230 g/mol. The van der Waals surface area contributed by atoms with Gasteiger partial charge >= 0.3 is 0 Å². The molecule has 6 nitrogen and oxygen atoms in total. The third kappa shape index (κ3) is 2.44. The summed E-state index contributed by atoms with van der Waals surface area (Å²) in [6, 6.07) is 3.22. The molecule has 2 rings (SSSR count). The molecule has 0 aromatic carbocycles. The molecule has 3 N–H and O–H groups in total. The molecular formula is C12H15N5O. The fourth-order valence-electron chi connectivity index (χ4n) is 1.62. The van der Waals surface area contributed by atoms with Gasteiger partial charge in [-0.05, 0) is 24.6 Å². The largest absolute Gasteiger partial charge is 0.495 e. The van der Waals surface area contributed by atoms with Crippen LogP contribution in [-0.4, -0.2) is 22.1 Å². The SMILES string of the molecule is COc1cccnc1C(NN)c1ncc(C)cn1. The van der Waals surface area contributed by atoms with E-state index in [4.69, 9.17) is 10.6 Å². The van der Waals surface area contributed by atoms with Gasteiger partial charge in [-0.1, -0.05) is 0 Å². The molecule has 0 radical (unpaired) electrons. The lowest BCUT2D eigenvalue weighted by Gasteiger charge is -2.16. The number of pyridine rings is 1. The maximum Gasteiger partial charge on any atom is 0.152 e. The van der Waals surface area contributed by atoms with Gasteiger partial charge in [0.05, 0.1) is 7.11 Å². The van der Waals surface area contributed by atoms with Crippen molar-refractivity contribution in [3.05, 3.63) is 47.8 Å². The summed E-state index contributed by atoms with van der Waals surface area (Å²) in [4.78, 5) is 12.8. The molecule has 2 aromatic rings. The molecule has 0 saturated carbocycles. The number of rotatable bonds is 4. The minimum Gasteiger partial charge on any atom is -0.495 e. The summed E-state index contributed by atoms with van der Waals surface area (Å²) >= 11 is 0.